The molecule has 2 heterocycles. The highest BCUT2D eigenvalue weighted by Gasteiger charge is 2.31. The molecule has 3 aromatic rings. The minimum atomic E-state index is -4.16. The molecule has 2 aromatic heterocycles. The van der Waals surface area contributed by atoms with Gasteiger partial charge in [0, 0.05) is 12.7 Å². The number of sulfonamides is 1. The molecule has 162 valence electrons. The van der Waals surface area contributed by atoms with Crippen molar-refractivity contribution in [2.24, 2.45) is 0 Å². The number of nitrogens with zero attached hydrogens (tertiary/aromatic N) is 5. The minimum absolute atomic E-state index is 0.0321. The molecule has 0 atom stereocenters. The molecule has 0 spiro atoms. The van der Waals surface area contributed by atoms with E-state index in [9.17, 15) is 17.2 Å². The molecule has 3 rings (SSSR count). The Balaban J connectivity index is 2.07. The molecule has 0 radical (unpaired) electrons. The average Bonchev–Trinajstić information content (AvgIpc) is 3.32. The van der Waals surface area contributed by atoms with Crippen LogP contribution in [0, 0.1) is 6.92 Å². The maximum atomic E-state index is 13.5. The van der Waals surface area contributed by atoms with E-state index in [0.717, 1.165) is 11.8 Å². The van der Waals surface area contributed by atoms with Crippen LogP contribution in [0.5, 0.6) is 0 Å². The quantitative estimate of drug-likeness (QED) is 0.526. The third kappa shape index (κ3) is 4.23. The number of benzene rings is 1. The van der Waals surface area contributed by atoms with Gasteiger partial charge >= 0.3 is 6.55 Å². The zero-order chi connectivity index (χ0) is 22.1. The van der Waals surface area contributed by atoms with Gasteiger partial charge < -0.3 is 0 Å². The van der Waals surface area contributed by atoms with Crippen molar-refractivity contribution in [3.63, 3.8) is 0 Å². The van der Waals surface area contributed by atoms with Crippen molar-refractivity contribution >= 4 is 15.7 Å². The summed E-state index contributed by atoms with van der Waals surface area (Å²) in [4.78, 5) is -0.259. The fourth-order valence-electron chi connectivity index (χ4n) is 3.13. The Hall–Kier alpha value is -2.75. The van der Waals surface area contributed by atoms with Crippen LogP contribution in [0.3, 0.4) is 0 Å². The molecule has 0 bridgehead atoms. The van der Waals surface area contributed by atoms with Crippen molar-refractivity contribution < 1.29 is 17.2 Å². The Morgan fingerprint density at radius 3 is 2.30 bits per heavy atom. The Kier molecular flexibility index (Phi) is 6.25. The highest BCUT2D eigenvalue weighted by Crippen LogP contribution is 2.30. The van der Waals surface area contributed by atoms with Gasteiger partial charge in [0.2, 0.25) is 0 Å². The van der Waals surface area contributed by atoms with Gasteiger partial charge in [-0.3, -0.25) is 8.99 Å². The predicted molar refractivity (Wildman–Crippen MR) is 110 cm³/mol. The normalized spacial score (nSPS) is 12.1. The van der Waals surface area contributed by atoms with Crippen LogP contribution in [0.4, 0.5) is 14.5 Å². The number of hydrogen-bond acceptors (Lipinski definition) is 4. The Labute approximate surface area is 175 Å². The molecule has 0 amide bonds. The van der Waals surface area contributed by atoms with Gasteiger partial charge in [0.05, 0.1) is 29.8 Å². The van der Waals surface area contributed by atoms with Crippen LogP contribution in [0.15, 0.2) is 47.6 Å². The van der Waals surface area contributed by atoms with Gasteiger partial charge in [-0.2, -0.15) is 19.0 Å². The number of aryl methyl sites for hydroxylation is 1. The van der Waals surface area contributed by atoms with E-state index in [2.05, 4.69) is 10.2 Å². The number of alkyl halides is 2. The lowest BCUT2D eigenvalue weighted by Gasteiger charge is -2.24. The lowest BCUT2D eigenvalue weighted by atomic mass is 10.0. The van der Waals surface area contributed by atoms with E-state index < -0.39 is 16.6 Å². The van der Waals surface area contributed by atoms with Crippen LogP contribution in [-0.2, 0) is 23.1 Å². The van der Waals surface area contributed by atoms with Crippen molar-refractivity contribution in [3.8, 4) is 0 Å². The molecule has 0 saturated carbocycles. The first-order chi connectivity index (χ1) is 14.1. The number of hydrogen-bond donors (Lipinski definition) is 0. The van der Waals surface area contributed by atoms with Crippen LogP contribution in [0.25, 0.3) is 0 Å². The summed E-state index contributed by atoms with van der Waals surface area (Å²) < 4.78 is 56.5. The van der Waals surface area contributed by atoms with Crippen LogP contribution in [0.1, 0.15) is 50.2 Å². The van der Waals surface area contributed by atoms with Crippen LogP contribution < -0.4 is 4.31 Å². The Bertz CT molecular complexity index is 1100. The van der Waals surface area contributed by atoms with E-state index in [0.29, 0.717) is 22.6 Å². The molecule has 30 heavy (non-hydrogen) atoms. The number of rotatable bonds is 8. The van der Waals surface area contributed by atoms with E-state index in [1.165, 1.54) is 11.2 Å². The van der Waals surface area contributed by atoms with Crippen LogP contribution in [-0.4, -0.2) is 28.0 Å². The smallest absolute Gasteiger partial charge is 0.273 e. The van der Waals surface area contributed by atoms with Gasteiger partial charge in [-0.15, -0.1) is 0 Å². The minimum Gasteiger partial charge on any atom is -0.273 e. The van der Waals surface area contributed by atoms with Crippen LogP contribution >= 0.6 is 0 Å². The lowest BCUT2D eigenvalue weighted by Crippen LogP contribution is -2.31. The maximum Gasteiger partial charge on any atom is 0.333 e. The first kappa shape index (κ1) is 21.9. The molecule has 1 aromatic carbocycles. The zero-order valence-corrected chi connectivity index (χ0v) is 18.1. The second-order valence-electron chi connectivity index (χ2n) is 7.24. The van der Waals surface area contributed by atoms with E-state index in [1.807, 2.05) is 32.9 Å². The molecule has 0 aliphatic heterocycles. The number of aromatic nitrogens is 4. The van der Waals surface area contributed by atoms with Gasteiger partial charge in [-0.05, 0) is 43.5 Å². The SMILES string of the molecule is CCn1ccc(CN(c2ccc(C(C)C)cc2)S(=O)(=O)c2cnn(C(F)F)c2C)n1. The molecule has 10 heteroatoms. The van der Waals surface area contributed by atoms with E-state index in [-0.39, 0.29) is 23.1 Å². The molecule has 0 aliphatic rings. The highest BCUT2D eigenvalue weighted by atomic mass is 32.2. The predicted octanol–water partition coefficient (Wildman–Crippen LogP) is 4.32. The third-order valence-electron chi connectivity index (χ3n) is 4.93. The molecule has 7 nitrogen and oxygen atoms in total. The summed E-state index contributed by atoms with van der Waals surface area (Å²) in [6.07, 6.45) is 2.74. The summed E-state index contributed by atoms with van der Waals surface area (Å²) >= 11 is 0. The summed E-state index contributed by atoms with van der Waals surface area (Å²) in [7, 11) is -4.16. The average molecular weight is 438 g/mol. The summed E-state index contributed by atoms with van der Waals surface area (Å²) in [6, 6.07) is 8.91. The standard InChI is InChI=1S/C20H25F2N5O2S/c1-5-25-11-10-17(24-25)13-26(18-8-6-16(7-9-18)14(2)3)30(28,29)19-12-23-27(15(19)4)20(21)22/h6-12,14,20H,5,13H2,1-4H3. The van der Waals surface area contributed by atoms with Crippen LogP contribution in [0.2, 0.25) is 0 Å². The lowest BCUT2D eigenvalue weighted by molar-refractivity contribution is 0.0541. The van der Waals surface area contributed by atoms with Gasteiger partial charge in [-0.25, -0.2) is 13.1 Å². The second kappa shape index (κ2) is 8.55. The fourth-order valence-corrected chi connectivity index (χ4v) is 4.71. The molecule has 0 saturated heterocycles. The topological polar surface area (TPSA) is 73.0 Å². The van der Waals surface area contributed by atoms with E-state index in [1.54, 1.807) is 29.1 Å². The van der Waals surface area contributed by atoms with Gasteiger partial charge in [0.15, 0.2) is 0 Å². The first-order valence-electron chi connectivity index (χ1n) is 9.62. The van der Waals surface area contributed by atoms with Crippen molar-refractivity contribution in [2.75, 3.05) is 4.31 Å². The fraction of sp³-hybridized carbons (Fsp3) is 0.400. The largest absolute Gasteiger partial charge is 0.333 e. The van der Waals surface area contributed by atoms with E-state index in [4.69, 9.17) is 0 Å². The number of halogens is 2. The summed E-state index contributed by atoms with van der Waals surface area (Å²) in [6.45, 7) is 5.03. The Morgan fingerprint density at radius 1 is 1.13 bits per heavy atom. The van der Waals surface area contributed by atoms with Crippen molar-refractivity contribution in [1.29, 1.82) is 0 Å². The zero-order valence-electron chi connectivity index (χ0n) is 17.3. The molecule has 0 unspecified atom stereocenters. The summed E-state index contributed by atoms with van der Waals surface area (Å²) in [5, 5.41) is 7.93. The third-order valence-corrected chi connectivity index (χ3v) is 6.80. The molecule has 0 aliphatic carbocycles. The van der Waals surface area contributed by atoms with Gasteiger partial charge in [0.25, 0.3) is 10.0 Å². The van der Waals surface area contributed by atoms with Gasteiger partial charge in [0.1, 0.15) is 4.90 Å². The summed E-state index contributed by atoms with van der Waals surface area (Å²) in [5.41, 5.74) is 1.92. The van der Waals surface area contributed by atoms with Crippen molar-refractivity contribution in [1.82, 2.24) is 19.6 Å². The maximum absolute atomic E-state index is 13.5. The van der Waals surface area contributed by atoms with Crippen molar-refractivity contribution in [2.45, 2.75) is 58.1 Å². The number of anilines is 1. The monoisotopic (exact) mass is 437 g/mol. The second-order valence-corrected chi connectivity index (χ2v) is 9.07. The summed E-state index contributed by atoms with van der Waals surface area (Å²) in [5.74, 6) is 0.288. The highest BCUT2D eigenvalue weighted by molar-refractivity contribution is 7.92. The molecular formula is C20H25F2N5O2S. The van der Waals surface area contributed by atoms with Crippen molar-refractivity contribution in [3.05, 3.63) is 59.7 Å². The van der Waals surface area contributed by atoms with Gasteiger partial charge in [-0.1, -0.05) is 26.0 Å². The molecular weight excluding hydrogens is 412 g/mol. The first-order valence-corrected chi connectivity index (χ1v) is 11.1. The molecule has 0 fully saturated rings. The molecule has 0 N–H and O–H groups in total. The Morgan fingerprint density at radius 2 is 1.80 bits per heavy atom. The van der Waals surface area contributed by atoms with E-state index >= 15 is 0 Å².